The minimum Gasteiger partial charge on any atom is -0.365 e. The van der Waals surface area contributed by atoms with Crippen LogP contribution in [0.4, 0.5) is 19.0 Å². The fraction of sp³-hybridized carbons (Fsp3) is 0.500. The van der Waals surface area contributed by atoms with Crippen LogP contribution in [0.1, 0.15) is 18.4 Å². The summed E-state index contributed by atoms with van der Waals surface area (Å²) in [7, 11) is 1.64. The van der Waals surface area contributed by atoms with Gasteiger partial charge in [0.2, 0.25) is 5.91 Å². The molecule has 2 rings (SSSR count). The Balaban J connectivity index is 2.14. The standard InChI is InChI=1S/C12H14F3N3O/c1-18-7-8(4-5-10(18)19)17-11-9(12(13,14)15)3-2-6-16-11/h2-3,6,8H,4-5,7H2,1H3,(H,16,17). The molecule has 0 saturated carbocycles. The number of nitrogens with one attached hydrogen (secondary N) is 1. The highest BCUT2D eigenvalue weighted by atomic mass is 19.4. The SMILES string of the molecule is CN1CC(Nc2ncccc2C(F)(F)F)CCC1=O. The molecule has 1 amide bonds. The molecule has 1 aliphatic heterocycles. The van der Waals surface area contributed by atoms with Crippen molar-refractivity contribution < 1.29 is 18.0 Å². The van der Waals surface area contributed by atoms with E-state index in [1.165, 1.54) is 17.2 Å². The second-order valence-corrected chi connectivity index (χ2v) is 4.55. The molecule has 19 heavy (non-hydrogen) atoms. The Kier molecular flexibility index (Phi) is 3.64. The van der Waals surface area contributed by atoms with Crippen LogP contribution in [0.15, 0.2) is 18.3 Å². The molecular weight excluding hydrogens is 259 g/mol. The number of nitrogens with zero attached hydrogens (tertiary/aromatic N) is 2. The Morgan fingerprint density at radius 3 is 2.84 bits per heavy atom. The number of pyridine rings is 1. The molecule has 4 nitrogen and oxygen atoms in total. The number of amides is 1. The number of anilines is 1. The predicted octanol–water partition coefficient (Wildman–Crippen LogP) is 2.13. The number of hydrogen-bond donors (Lipinski definition) is 1. The molecule has 7 heteroatoms. The summed E-state index contributed by atoms with van der Waals surface area (Å²) in [5.41, 5.74) is -0.783. The van der Waals surface area contributed by atoms with Gasteiger partial charge < -0.3 is 10.2 Å². The van der Waals surface area contributed by atoms with Crippen LogP contribution in [0.2, 0.25) is 0 Å². The van der Waals surface area contributed by atoms with Gasteiger partial charge in [-0.25, -0.2) is 4.98 Å². The van der Waals surface area contributed by atoms with E-state index < -0.39 is 11.7 Å². The third-order valence-corrected chi connectivity index (χ3v) is 3.08. The van der Waals surface area contributed by atoms with E-state index in [-0.39, 0.29) is 17.8 Å². The molecule has 0 aliphatic carbocycles. The van der Waals surface area contributed by atoms with Crippen molar-refractivity contribution in [2.24, 2.45) is 0 Å². The van der Waals surface area contributed by atoms with E-state index in [4.69, 9.17) is 0 Å². The molecule has 0 radical (unpaired) electrons. The van der Waals surface area contributed by atoms with Crippen molar-refractivity contribution in [2.75, 3.05) is 18.9 Å². The second kappa shape index (κ2) is 5.07. The summed E-state index contributed by atoms with van der Waals surface area (Å²) in [5.74, 6) is -0.169. The van der Waals surface area contributed by atoms with Crippen LogP contribution in [0.25, 0.3) is 0 Å². The van der Waals surface area contributed by atoms with E-state index >= 15 is 0 Å². The van der Waals surface area contributed by atoms with Crippen LogP contribution in [0, 0.1) is 0 Å². The maximum atomic E-state index is 12.8. The number of carbonyl (C=O) groups is 1. The molecule has 0 bridgehead atoms. The first-order valence-corrected chi connectivity index (χ1v) is 5.90. The lowest BCUT2D eigenvalue weighted by atomic mass is 10.1. The fourth-order valence-electron chi connectivity index (χ4n) is 2.07. The van der Waals surface area contributed by atoms with Crippen molar-refractivity contribution in [2.45, 2.75) is 25.1 Å². The fourth-order valence-corrected chi connectivity index (χ4v) is 2.07. The lowest BCUT2D eigenvalue weighted by molar-refractivity contribution is -0.137. The average molecular weight is 273 g/mol. The first-order valence-electron chi connectivity index (χ1n) is 5.90. The van der Waals surface area contributed by atoms with Gasteiger partial charge in [-0.3, -0.25) is 4.79 Å². The number of likely N-dealkylation sites (N-methyl/N-ethyl adjacent to an activating group) is 1. The lowest BCUT2D eigenvalue weighted by Gasteiger charge is -2.31. The van der Waals surface area contributed by atoms with Crippen LogP contribution in [-0.4, -0.2) is 35.4 Å². The van der Waals surface area contributed by atoms with Crippen LogP contribution in [-0.2, 0) is 11.0 Å². The minimum atomic E-state index is -4.44. The van der Waals surface area contributed by atoms with Crippen molar-refractivity contribution in [3.8, 4) is 0 Å². The molecule has 1 saturated heterocycles. The van der Waals surface area contributed by atoms with E-state index in [1.54, 1.807) is 7.05 Å². The average Bonchev–Trinajstić information content (AvgIpc) is 2.33. The van der Waals surface area contributed by atoms with Crippen LogP contribution >= 0.6 is 0 Å². The second-order valence-electron chi connectivity index (χ2n) is 4.55. The predicted molar refractivity (Wildman–Crippen MR) is 63.5 cm³/mol. The highest BCUT2D eigenvalue weighted by Crippen LogP contribution is 2.34. The number of piperidine rings is 1. The molecule has 1 N–H and O–H groups in total. The van der Waals surface area contributed by atoms with E-state index in [0.29, 0.717) is 19.4 Å². The summed E-state index contributed by atoms with van der Waals surface area (Å²) >= 11 is 0. The van der Waals surface area contributed by atoms with Crippen LogP contribution < -0.4 is 5.32 Å². The van der Waals surface area contributed by atoms with Gasteiger partial charge in [0, 0.05) is 32.3 Å². The van der Waals surface area contributed by atoms with Gasteiger partial charge in [0.1, 0.15) is 5.82 Å². The number of halogens is 3. The van der Waals surface area contributed by atoms with Crippen molar-refractivity contribution in [1.82, 2.24) is 9.88 Å². The molecule has 1 aromatic rings. The maximum absolute atomic E-state index is 12.8. The van der Waals surface area contributed by atoms with E-state index in [0.717, 1.165) is 6.07 Å². The van der Waals surface area contributed by atoms with Gasteiger partial charge in [-0.2, -0.15) is 13.2 Å². The van der Waals surface area contributed by atoms with Crippen molar-refractivity contribution in [3.05, 3.63) is 23.9 Å². The molecule has 1 atom stereocenters. The van der Waals surface area contributed by atoms with E-state index in [9.17, 15) is 18.0 Å². The van der Waals surface area contributed by atoms with Gasteiger partial charge in [0.05, 0.1) is 5.56 Å². The number of likely N-dealkylation sites (tertiary alicyclic amines) is 1. The summed E-state index contributed by atoms with van der Waals surface area (Å²) in [5, 5.41) is 2.78. The lowest BCUT2D eigenvalue weighted by Crippen LogP contribution is -2.43. The zero-order valence-corrected chi connectivity index (χ0v) is 10.4. The number of alkyl halides is 3. The zero-order valence-electron chi connectivity index (χ0n) is 10.4. The molecule has 0 aromatic carbocycles. The minimum absolute atomic E-state index is 0.00937. The molecule has 1 unspecified atom stereocenters. The van der Waals surface area contributed by atoms with E-state index in [2.05, 4.69) is 10.3 Å². The van der Waals surface area contributed by atoms with E-state index in [1.807, 2.05) is 0 Å². The van der Waals surface area contributed by atoms with Crippen LogP contribution in [0.3, 0.4) is 0 Å². The number of aromatic nitrogens is 1. The number of hydrogen-bond acceptors (Lipinski definition) is 3. The third-order valence-electron chi connectivity index (χ3n) is 3.08. The van der Waals surface area contributed by atoms with Crippen LogP contribution in [0.5, 0.6) is 0 Å². The van der Waals surface area contributed by atoms with Gasteiger partial charge in [0.25, 0.3) is 0 Å². The quantitative estimate of drug-likeness (QED) is 0.898. The molecule has 104 valence electrons. The van der Waals surface area contributed by atoms with Crippen molar-refractivity contribution in [1.29, 1.82) is 0 Å². The zero-order chi connectivity index (χ0) is 14.0. The number of carbonyl (C=O) groups excluding carboxylic acids is 1. The number of rotatable bonds is 2. The first kappa shape index (κ1) is 13.6. The Morgan fingerprint density at radius 2 is 2.21 bits per heavy atom. The van der Waals surface area contributed by atoms with Gasteiger partial charge in [-0.1, -0.05) is 0 Å². The Morgan fingerprint density at radius 1 is 1.47 bits per heavy atom. The molecule has 0 spiro atoms. The van der Waals surface area contributed by atoms with Gasteiger partial charge in [-0.15, -0.1) is 0 Å². The monoisotopic (exact) mass is 273 g/mol. The summed E-state index contributed by atoms with van der Waals surface area (Å²) in [6.07, 6.45) is -2.28. The Bertz CT molecular complexity index is 476. The third kappa shape index (κ3) is 3.15. The highest BCUT2D eigenvalue weighted by molar-refractivity contribution is 5.77. The molecule has 2 heterocycles. The smallest absolute Gasteiger partial charge is 0.365 e. The van der Waals surface area contributed by atoms with Gasteiger partial charge in [-0.05, 0) is 18.6 Å². The summed E-state index contributed by atoms with van der Waals surface area (Å²) < 4.78 is 38.4. The normalized spacial score (nSPS) is 20.5. The van der Waals surface area contributed by atoms with Gasteiger partial charge in [0.15, 0.2) is 0 Å². The van der Waals surface area contributed by atoms with Crippen molar-refractivity contribution >= 4 is 11.7 Å². The largest absolute Gasteiger partial charge is 0.419 e. The topological polar surface area (TPSA) is 45.2 Å². The maximum Gasteiger partial charge on any atom is 0.419 e. The van der Waals surface area contributed by atoms with Crippen molar-refractivity contribution in [3.63, 3.8) is 0 Å². The molecule has 1 fully saturated rings. The van der Waals surface area contributed by atoms with Gasteiger partial charge >= 0.3 is 6.18 Å². The summed E-state index contributed by atoms with van der Waals surface area (Å²) in [6, 6.07) is 2.04. The molecule has 1 aromatic heterocycles. The Labute approximate surface area is 108 Å². The molecule has 1 aliphatic rings. The summed E-state index contributed by atoms with van der Waals surface area (Å²) in [6.45, 7) is 0.382. The molecular formula is C12H14F3N3O. The summed E-state index contributed by atoms with van der Waals surface area (Å²) in [4.78, 5) is 16.6. The Hall–Kier alpha value is -1.79. The highest BCUT2D eigenvalue weighted by Gasteiger charge is 2.35. The first-order chi connectivity index (χ1) is 8.88.